The first kappa shape index (κ1) is 22.4. The van der Waals surface area contributed by atoms with Crippen molar-refractivity contribution in [3.63, 3.8) is 0 Å². The second kappa shape index (κ2) is 9.38. The molecule has 1 N–H and O–H groups in total. The maximum absolute atomic E-state index is 13.1. The number of ether oxygens (including phenoxy) is 3. The van der Waals surface area contributed by atoms with Gasteiger partial charge in [-0.2, -0.15) is 0 Å². The van der Waals surface area contributed by atoms with Gasteiger partial charge < -0.3 is 19.1 Å². The summed E-state index contributed by atoms with van der Waals surface area (Å²) in [5, 5.41) is 0. The van der Waals surface area contributed by atoms with Crippen LogP contribution in [0.25, 0.3) is 0 Å². The van der Waals surface area contributed by atoms with Crippen LogP contribution in [0.15, 0.2) is 41.3 Å². The molecule has 2 aromatic carbocycles. The van der Waals surface area contributed by atoms with Crippen molar-refractivity contribution in [1.29, 1.82) is 0 Å². The summed E-state index contributed by atoms with van der Waals surface area (Å²) in [5.41, 5.74) is 1.00. The van der Waals surface area contributed by atoms with E-state index >= 15 is 0 Å². The van der Waals surface area contributed by atoms with Crippen molar-refractivity contribution in [2.75, 3.05) is 33.4 Å². The molecule has 0 radical (unpaired) electrons. The van der Waals surface area contributed by atoms with Crippen LogP contribution >= 0.6 is 0 Å². The van der Waals surface area contributed by atoms with Gasteiger partial charge in [-0.25, -0.2) is 13.1 Å². The van der Waals surface area contributed by atoms with E-state index in [9.17, 15) is 13.2 Å². The SMILES string of the molecule is COc1ccc(S(=O)(=O)N[C@H](C)c2ccc3c(c2)OCCO3)cc1C(=O)N1CCCCC1. The van der Waals surface area contributed by atoms with Crippen LogP contribution in [0.2, 0.25) is 0 Å². The fourth-order valence-electron chi connectivity index (χ4n) is 3.99. The molecule has 32 heavy (non-hydrogen) atoms. The first-order valence-corrected chi connectivity index (χ1v) is 12.3. The molecule has 2 aliphatic rings. The molecule has 9 heteroatoms. The number of piperidine rings is 1. The van der Waals surface area contributed by atoms with E-state index in [0.29, 0.717) is 43.6 Å². The second-order valence-electron chi connectivity index (χ2n) is 7.96. The van der Waals surface area contributed by atoms with Crippen molar-refractivity contribution in [3.05, 3.63) is 47.5 Å². The lowest BCUT2D eigenvalue weighted by atomic mass is 10.1. The van der Waals surface area contributed by atoms with Crippen molar-refractivity contribution < 1.29 is 27.4 Å². The molecule has 0 aromatic heterocycles. The maximum atomic E-state index is 13.1. The minimum absolute atomic E-state index is 0.0167. The molecule has 0 spiro atoms. The van der Waals surface area contributed by atoms with Gasteiger partial charge in [0, 0.05) is 19.1 Å². The van der Waals surface area contributed by atoms with Crippen LogP contribution in [-0.4, -0.2) is 52.6 Å². The number of sulfonamides is 1. The number of hydrogen-bond acceptors (Lipinski definition) is 6. The molecule has 2 aromatic rings. The zero-order valence-corrected chi connectivity index (χ0v) is 19.1. The van der Waals surface area contributed by atoms with Gasteiger partial charge in [0.25, 0.3) is 5.91 Å². The van der Waals surface area contributed by atoms with E-state index in [1.54, 1.807) is 30.0 Å². The molecular formula is C23H28N2O6S. The molecule has 1 amide bonds. The Labute approximate surface area is 188 Å². The number of hydrogen-bond donors (Lipinski definition) is 1. The Bertz CT molecular complexity index is 1100. The lowest BCUT2D eigenvalue weighted by Gasteiger charge is -2.27. The average molecular weight is 461 g/mol. The molecule has 4 rings (SSSR count). The van der Waals surface area contributed by atoms with Crippen molar-refractivity contribution >= 4 is 15.9 Å². The van der Waals surface area contributed by atoms with Gasteiger partial charge in [0.05, 0.1) is 17.6 Å². The second-order valence-corrected chi connectivity index (χ2v) is 9.68. The highest BCUT2D eigenvalue weighted by molar-refractivity contribution is 7.89. The third kappa shape index (κ3) is 4.68. The van der Waals surface area contributed by atoms with E-state index in [4.69, 9.17) is 14.2 Å². The Morgan fingerprint density at radius 3 is 2.47 bits per heavy atom. The van der Waals surface area contributed by atoms with E-state index in [1.807, 2.05) is 0 Å². The van der Waals surface area contributed by atoms with E-state index in [0.717, 1.165) is 24.8 Å². The van der Waals surface area contributed by atoms with E-state index < -0.39 is 16.1 Å². The minimum Gasteiger partial charge on any atom is -0.496 e. The van der Waals surface area contributed by atoms with Gasteiger partial charge in [-0.1, -0.05) is 6.07 Å². The topological polar surface area (TPSA) is 94.2 Å². The number of carbonyl (C=O) groups is 1. The summed E-state index contributed by atoms with van der Waals surface area (Å²) < 4.78 is 45.4. The van der Waals surface area contributed by atoms with Crippen LogP contribution in [0.3, 0.4) is 0 Å². The summed E-state index contributed by atoms with van der Waals surface area (Å²) in [6, 6.07) is 9.22. The molecule has 0 aliphatic carbocycles. The first-order valence-electron chi connectivity index (χ1n) is 10.8. The van der Waals surface area contributed by atoms with Crippen LogP contribution < -0.4 is 18.9 Å². The number of rotatable bonds is 6. The van der Waals surface area contributed by atoms with Crippen molar-refractivity contribution in [2.45, 2.75) is 37.1 Å². The fraction of sp³-hybridized carbons (Fsp3) is 0.435. The Kier molecular flexibility index (Phi) is 6.57. The van der Waals surface area contributed by atoms with Gasteiger partial charge in [0.1, 0.15) is 19.0 Å². The summed E-state index contributed by atoms with van der Waals surface area (Å²) in [6.07, 6.45) is 2.98. The highest BCUT2D eigenvalue weighted by Gasteiger charge is 2.26. The van der Waals surface area contributed by atoms with E-state index in [1.165, 1.54) is 25.3 Å². The smallest absolute Gasteiger partial charge is 0.257 e. The third-order valence-corrected chi connectivity index (χ3v) is 7.29. The highest BCUT2D eigenvalue weighted by Crippen LogP contribution is 2.33. The quantitative estimate of drug-likeness (QED) is 0.712. The Morgan fingerprint density at radius 2 is 1.75 bits per heavy atom. The predicted molar refractivity (Wildman–Crippen MR) is 119 cm³/mol. The lowest BCUT2D eigenvalue weighted by molar-refractivity contribution is 0.0720. The van der Waals surface area contributed by atoms with Gasteiger partial charge >= 0.3 is 0 Å². The standard InChI is InChI=1S/C23H28N2O6S/c1-16(17-6-8-21-22(14-17)31-13-12-30-21)24-32(27,28)18-7-9-20(29-2)19(15-18)23(26)25-10-4-3-5-11-25/h6-9,14-16,24H,3-5,10-13H2,1-2H3/t16-/m1/s1. The van der Waals surface area contributed by atoms with Gasteiger partial charge in [0.15, 0.2) is 11.5 Å². The van der Waals surface area contributed by atoms with Crippen molar-refractivity contribution in [1.82, 2.24) is 9.62 Å². The number of nitrogens with one attached hydrogen (secondary N) is 1. The normalized spacial score (nSPS) is 17.0. The fourth-order valence-corrected chi connectivity index (χ4v) is 5.24. The average Bonchev–Trinajstić information content (AvgIpc) is 2.83. The monoisotopic (exact) mass is 460 g/mol. The molecule has 0 bridgehead atoms. The molecule has 1 fully saturated rings. The predicted octanol–water partition coefficient (Wildman–Crippen LogP) is 3.13. The number of fused-ring (bicyclic) bond motifs is 1. The van der Waals surface area contributed by atoms with Gasteiger partial charge in [-0.3, -0.25) is 4.79 Å². The largest absolute Gasteiger partial charge is 0.496 e. The highest BCUT2D eigenvalue weighted by atomic mass is 32.2. The van der Waals surface area contributed by atoms with Crippen LogP contribution in [0.1, 0.15) is 48.1 Å². The summed E-state index contributed by atoms with van der Waals surface area (Å²) >= 11 is 0. The number of methoxy groups -OCH3 is 1. The number of amides is 1. The zero-order valence-electron chi connectivity index (χ0n) is 18.3. The molecule has 1 saturated heterocycles. The molecular weight excluding hydrogens is 432 g/mol. The molecule has 2 aliphatic heterocycles. The van der Waals surface area contributed by atoms with Crippen LogP contribution in [0, 0.1) is 0 Å². The number of nitrogens with zero attached hydrogens (tertiary/aromatic N) is 1. The molecule has 2 heterocycles. The lowest BCUT2D eigenvalue weighted by Crippen LogP contribution is -2.36. The Balaban J connectivity index is 1.57. The first-order chi connectivity index (χ1) is 15.4. The van der Waals surface area contributed by atoms with Crippen molar-refractivity contribution in [3.8, 4) is 17.2 Å². The summed E-state index contributed by atoms with van der Waals surface area (Å²) in [4.78, 5) is 14.8. The van der Waals surface area contributed by atoms with Crippen LogP contribution in [0.5, 0.6) is 17.2 Å². The van der Waals surface area contributed by atoms with E-state index in [-0.39, 0.29) is 16.4 Å². The maximum Gasteiger partial charge on any atom is 0.257 e. The van der Waals surface area contributed by atoms with Gasteiger partial charge in [0.2, 0.25) is 10.0 Å². The van der Waals surface area contributed by atoms with E-state index in [2.05, 4.69) is 4.72 Å². The molecule has 8 nitrogen and oxygen atoms in total. The van der Waals surface area contributed by atoms with Crippen LogP contribution in [-0.2, 0) is 10.0 Å². The number of benzene rings is 2. The summed E-state index contributed by atoms with van der Waals surface area (Å²) in [7, 11) is -2.42. The molecule has 0 unspecified atom stereocenters. The van der Waals surface area contributed by atoms with Crippen LogP contribution in [0.4, 0.5) is 0 Å². The number of carbonyl (C=O) groups excluding carboxylic acids is 1. The number of likely N-dealkylation sites (tertiary alicyclic amines) is 1. The molecule has 172 valence electrons. The van der Waals surface area contributed by atoms with Crippen molar-refractivity contribution in [2.24, 2.45) is 0 Å². The van der Waals surface area contributed by atoms with Gasteiger partial charge in [-0.15, -0.1) is 0 Å². The Morgan fingerprint density at radius 1 is 1.03 bits per heavy atom. The van der Waals surface area contributed by atoms with Gasteiger partial charge in [-0.05, 0) is 62.1 Å². The third-order valence-electron chi connectivity index (χ3n) is 5.75. The molecule has 1 atom stereocenters. The minimum atomic E-state index is -3.89. The molecule has 0 saturated carbocycles. The summed E-state index contributed by atoms with van der Waals surface area (Å²) in [5.74, 6) is 1.39. The summed E-state index contributed by atoms with van der Waals surface area (Å²) in [6.45, 7) is 4.03. The Hall–Kier alpha value is -2.78. The zero-order chi connectivity index (χ0) is 22.7.